The van der Waals surface area contributed by atoms with Crippen LogP contribution >= 0.6 is 11.3 Å². The van der Waals surface area contributed by atoms with Crippen LogP contribution in [-0.4, -0.2) is 41.9 Å². The van der Waals surface area contributed by atoms with E-state index in [0.717, 1.165) is 42.4 Å². The minimum atomic E-state index is -0.0507. The first kappa shape index (κ1) is 15.9. The lowest BCUT2D eigenvalue weighted by molar-refractivity contribution is 0.0736. The molecule has 3 aromatic heterocycles. The van der Waals surface area contributed by atoms with Crippen LogP contribution in [0.2, 0.25) is 0 Å². The van der Waals surface area contributed by atoms with E-state index in [1.54, 1.807) is 24.1 Å². The molecule has 1 aliphatic rings. The van der Waals surface area contributed by atoms with Gasteiger partial charge >= 0.3 is 0 Å². The maximum absolute atomic E-state index is 12.9. The molecule has 1 fully saturated rings. The summed E-state index contributed by atoms with van der Waals surface area (Å²) in [6.45, 7) is 4.53. The summed E-state index contributed by atoms with van der Waals surface area (Å²) in [5, 5.41) is 0. The molecule has 1 unspecified atom stereocenters. The normalized spacial score (nSPS) is 17.2. The van der Waals surface area contributed by atoms with Crippen LogP contribution in [0.5, 0.6) is 0 Å². The van der Waals surface area contributed by atoms with E-state index in [2.05, 4.69) is 15.0 Å². The number of carbonyl (C=O) groups is 1. The Labute approximate surface area is 149 Å². The van der Waals surface area contributed by atoms with Crippen LogP contribution in [0, 0.1) is 13.8 Å². The van der Waals surface area contributed by atoms with E-state index >= 15 is 0 Å². The summed E-state index contributed by atoms with van der Waals surface area (Å²) in [6.07, 6.45) is 8.93. The van der Waals surface area contributed by atoms with Gasteiger partial charge in [0, 0.05) is 18.9 Å². The molecular weight excluding hydrogens is 336 g/mol. The van der Waals surface area contributed by atoms with Crippen molar-refractivity contribution in [2.75, 3.05) is 6.54 Å². The molecule has 1 saturated heterocycles. The Bertz CT molecular complexity index is 917. The van der Waals surface area contributed by atoms with E-state index < -0.39 is 0 Å². The Balaban J connectivity index is 1.66. The lowest BCUT2D eigenvalue weighted by Gasteiger charge is -2.24. The summed E-state index contributed by atoms with van der Waals surface area (Å²) in [4.78, 5) is 33.0. The monoisotopic (exact) mass is 354 g/mol. The number of aryl methyl sites for hydroxylation is 2. The van der Waals surface area contributed by atoms with E-state index in [9.17, 15) is 4.79 Å². The van der Waals surface area contributed by atoms with Crippen LogP contribution in [0.1, 0.15) is 45.8 Å². The van der Waals surface area contributed by atoms with Gasteiger partial charge in [0.1, 0.15) is 10.7 Å². The fourth-order valence-electron chi connectivity index (χ4n) is 3.22. The molecule has 0 N–H and O–H groups in total. The summed E-state index contributed by atoms with van der Waals surface area (Å²) in [7, 11) is 0. The molecule has 0 spiro atoms. The fourth-order valence-corrected chi connectivity index (χ4v) is 3.98. The largest absolute Gasteiger partial charge is 0.329 e. The molecule has 1 aliphatic heterocycles. The van der Waals surface area contributed by atoms with Crippen molar-refractivity contribution in [3.8, 4) is 5.82 Å². The topological polar surface area (TPSA) is 76.8 Å². The smallest absolute Gasteiger partial charge is 0.266 e. The molecule has 0 bridgehead atoms. The minimum Gasteiger partial charge on any atom is -0.329 e. The van der Waals surface area contributed by atoms with Crippen LogP contribution in [0.4, 0.5) is 0 Å². The molecule has 8 heteroatoms. The second-order valence-corrected chi connectivity index (χ2v) is 6.92. The third kappa shape index (κ3) is 2.82. The number of nitrogens with zero attached hydrogens (tertiary/aromatic N) is 6. The molecule has 4 heterocycles. The van der Waals surface area contributed by atoms with Crippen molar-refractivity contribution in [1.82, 2.24) is 29.4 Å². The number of rotatable bonds is 3. The van der Waals surface area contributed by atoms with Crippen molar-refractivity contribution >= 4 is 17.2 Å². The van der Waals surface area contributed by atoms with Gasteiger partial charge in [0.25, 0.3) is 5.91 Å². The molecular formula is C17H18N6OS. The maximum atomic E-state index is 12.9. The van der Waals surface area contributed by atoms with E-state index in [0.29, 0.717) is 4.88 Å². The minimum absolute atomic E-state index is 0.0357. The van der Waals surface area contributed by atoms with Crippen molar-refractivity contribution < 1.29 is 4.79 Å². The molecule has 0 aliphatic carbocycles. The highest BCUT2D eigenvalue weighted by molar-refractivity contribution is 7.11. The van der Waals surface area contributed by atoms with Crippen molar-refractivity contribution in [2.24, 2.45) is 0 Å². The van der Waals surface area contributed by atoms with Gasteiger partial charge in [0.2, 0.25) is 0 Å². The lowest BCUT2D eigenvalue weighted by atomic mass is 10.1. The lowest BCUT2D eigenvalue weighted by Crippen LogP contribution is -2.31. The highest BCUT2D eigenvalue weighted by atomic mass is 32.1. The van der Waals surface area contributed by atoms with Crippen molar-refractivity contribution in [3.63, 3.8) is 0 Å². The van der Waals surface area contributed by atoms with Gasteiger partial charge in [-0.25, -0.2) is 15.0 Å². The molecule has 0 radical (unpaired) electrons. The van der Waals surface area contributed by atoms with Crippen molar-refractivity contribution in [3.05, 3.63) is 52.4 Å². The first-order valence-corrected chi connectivity index (χ1v) is 9.06. The van der Waals surface area contributed by atoms with Crippen LogP contribution in [0.25, 0.3) is 5.82 Å². The number of carbonyl (C=O) groups excluding carboxylic acids is 1. The Morgan fingerprint density at radius 2 is 2.16 bits per heavy atom. The van der Waals surface area contributed by atoms with Crippen LogP contribution < -0.4 is 0 Å². The van der Waals surface area contributed by atoms with Gasteiger partial charge in [-0.3, -0.25) is 14.3 Å². The predicted molar refractivity (Wildman–Crippen MR) is 93.8 cm³/mol. The van der Waals surface area contributed by atoms with Gasteiger partial charge in [0.15, 0.2) is 5.82 Å². The summed E-state index contributed by atoms with van der Waals surface area (Å²) < 4.78 is 1.89. The molecule has 1 atom stereocenters. The maximum Gasteiger partial charge on any atom is 0.266 e. The number of likely N-dealkylation sites (tertiary alicyclic amines) is 1. The van der Waals surface area contributed by atoms with Crippen molar-refractivity contribution in [1.29, 1.82) is 0 Å². The van der Waals surface area contributed by atoms with E-state index in [-0.39, 0.29) is 11.9 Å². The Kier molecular flexibility index (Phi) is 4.04. The number of thiazole rings is 1. The highest BCUT2D eigenvalue weighted by Crippen LogP contribution is 2.33. The average molecular weight is 354 g/mol. The third-order valence-corrected chi connectivity index (χ3v) is 5.42. The Hall–Kier alpha value is -2.61. The predicted octanol–water partition coefficient (Wildman–Crippen LogP) is 2.71. The van der Waals surface area contributed by atoms with Crippen LogP contribution in [-0.2, 0) is 0 Å². The number of imidazole rings is 1. The Morgan fingerprint density at radius 3 is 2.88 bits per heavy atom. The number of hydrogen-bond acceptors (Lipinski definition) is 6. The molecule has 1 amide bonds. The molecule has 7 nitrogen and oxygen atoms in total. The quantitative estimate of drug-likeness (QED) is 0.723. The third-order valence-electron chi connectivity index (χ3n) is 4.51. The van der Waals surface area contributed by atoms with Gasteiger partial charge < -0.3 is 4.90 Å². The summed E-state index contributed by atoms with van der Waals surface area (Å²) >= 11 is 1.39. The number of aromatic nitrogens is 5. The second kappa shape index (κ2) is 6.36. The zero-order chi connectivity index (χ0) is 17.4. The Morgan fingerprint density at radius 1 is 1.28 bits per heavy atom. The summed E-state index contributed by atoms with van der Waals surface area (Å²) in [6, 6.07) is -0.0507. The fraction of sp³-hybridized carbons (Fsp3) is 0.353. The SMILES string of the molecule is Cc1ncsc1C(=O)N1CCCC1c1cncc(-n2ccnc2C)n1. The zero-order valence-corrected chi connectivity index (χ0v) is 14.9. The average Bonchev–Trinajstić information content (AvgIpc) is 3.35. The van der Waals surface area contributed by atoms with Gasteiger partial charge in [-0.15, -0.1) is 11.3 Å². The molecule has 0 aromatic carbocycles. The van der Waals surface area contributed by atoms with Gasteiger partial charge in [0.05, 0.1) is 35.3 Å². The first-order chi connectivity index (χ1) is 12.1. The molecule has 128 valence electrons. The first-order valence-electron chi connectivity index (χ1n) is 8.18. The van der Waals surface area contributed by atoms with E-state index in [1.807, 2.05) is 29.5 Å². The van der Waals surface area contributed by atoms with Gasteiger partial charge in [-0.1, -0.05) is 0 Å². The second-order valence-electron chi connectivity index (χ2n) is 6.07. The summed E-state index contributed by atoms with van der Waals surface area (Å²) in [5.74, 6) is 1.61. The number of amides is 1. The van der Waals surface area contributed by atoms with Gasteiger partial charge in [-0.05, 0) is 26.7 Å². The summed E-state index contributed by atoms with van der Waals surface area (Å²) in [5.41, 5.74) is 3.32. The van der Waals surface area contributed by atoms with Crippen LogP contribution in [0.15, 0.2) is 30.3 Å². The van der Waals surface area contributed by atoms with E-state index in [4.69, 9.17) is 4.98 Å². The standard InChI is InChI=1S/C17H18N6OS/c1-11-16(25-10-20-11)17(24)23-6-3-4-14(23)13-8-18-9-15(21-13)22-7-5-19-12(22)2/h5,7-10,14H,3-4,6H2,1-2H3. The van der Waals surface area contributed by atoms with Crippen molar-refractivity contribution in [2.45, 2.75) is 32.7 Å². The van der Waals surface area contributed by atoms with Crippen LogP contribution in [0.3, 0.4) is 0 Å². The molecule has 0 saturated carbocycles. The van der Waals surface area contributed by atoms with Gasteiger partial charge in [-0.2, -0.15) is 0 Å². The molecule has 4 rings (SSSR count). The highest BCUT2D eigenvalue weighted by Gasteiger charge is 2.33. The molecule has 25 heavy (non-hydrogen) atoms. The number of hydrogen-bond donors (Lipinski definition) is 0. The van der Waals surface area contributed by atoms with E-state index in [1.165, 1.54) is 11.3 Å². The molecule has 3 aromatic rings. The zero-order valence-electron chi connectivity index (χ0n) is 14.1.